The second-order valence-corrected chi connectivity index (χ2v) is 8.54. The SMILES string of the molecule is Cc1c(C#N)cccc1C1CN2CCN(C(=O)Cc3ccc(-n4cnnn4)cc3)CC2CO1. The van der Waals surface area contributed by atoms with Crippen LogP contribution < -0.4 is 0 Å². The van der Waals surface area contributed by atoms with Crippen LogP contribution in [0.2, 0.25) is 0 Å². The van der Waals surface area contributed by atoms with Gasteiger partial charge in [-0.3, -0.25) is 9.69 Å². The predicted molar refractivity (Wildman–Crippen MR) is 119 cm³/mol. The molecule has 9 heteroatoms. The van der Waals surface area contributed by atoms with Gasteiger partial charge in [-0.05, 0) is 52.2 Å². The number of carbonyl (C=O) groups is 1. The van der Waals surface area contributed by atoms with E-state index >= 15 is 0 Å². The minimum absolute atomic E-state index is 0.0458. The Kier molecular flexibility index (Phi) is 5.86. The average Bonchev–Trinajstić information content (AvgIpc) is 3.39. The monoisotopic (exact) mass is 443 g/mol. The lowest BCUT2D eigenvalue weighted by molar-refractivity contribution is -0.139. The smallest absolute Gasteiger partial charge is 0.227 e. The molecule has 2 aliphatic rings. The summed E-state index contributed by atoms with van der Waals surface area (Å²) < 4.78 is 7.78. The number of hydrogen-bond acceptors (Lipinski definition) is 7. The number of ether oxygens (including phenoxy) is 1. The van der Waals surface area contributed by atoms with Crippen LogP contribution >= 0.6 is 0 Å². The summed E-state index contributed by atoms with van der Waals surface area (Å²) in [6.07, 6.45) is 1.86. The number of nitrogens with zero attached hydrogens (tertiary/aromatic N) is 7. The summed E-state index contributed by atoms with van der Waals surface area (Å²) in [6.45, 7) is 5.54. The molecular formula is C24H25N7O2. The van der Waals surface area contributed by atoms with E-state index in [1.165, 1.54) is 6.33 Å². The zero-order valence-corrected chi connectivity index (χ0v) is 18.5. The Labute approximate surface area is 192 Å². The minimum atomic E-state index is -0.0458. The number of carbonyl (C=O) groups excluding carboxylic acids is 1. The number of morpholine rings is 1. The highest BCUT2D eigenvalue weighted by Crippen LogP contribution is 2.30. The standard InChI is InChI=1S/C24H25N7O2/c1-17-19(12-25)3-2-4-22(17)23-14-29-9-10-30(13-21(29)15-33-23)24(32)11-18-5-7-20(8-6-18)31-16-26-27-28-31/h2-8,16,21,23H,9-11,13-15H2,1H3. The van der Waals surface area contributed by atoms with E-state index in [1.54, 1.807) is 4.68 Å². The third-order valence-electron chi connectivity index (χ3n) is 6.60. The lowest BCUT2D eigenvalue weighted by atomic mass is 9.96. The first-order chi connectivity index (χ1) is 16.1. The van der Waals surface area contributed by atoms with Gasteiger partial charge >= 0.3 is 0 Å². The summed E-state index contributed by atoms with van der Waals surface area (Å²) in [7, 11) is 0. The normalized spacial score (nSPS) is 20.8. The molecule has 0 spiro atoms. The van der Waals surface area contributed by atoms with Crippen LogP contribution in [0.4, 0.5) is 0 Å². The second kappa shape index (κ2) is 9.10. The summed E-state index contributed by atoms with van der Waals surface area (Å²) in [6, 6.07) is 16.0. The number of piperazine rings is 1. The van der Waals surface area contributed by atoms with Crippen LogP contribution in [0, 0.1) is 18.3 Å². The maximum absolute atomic E-state index is 13.0. The molecule has 2 aromatic carbocycles. The molecule has 1 amide bonds. The summed E-state index contributed by atoms with van der Waals surface area (Å²) in [5.41, 5.74) is 4.58. The first-order valence-corrected chi connectivity index (χ1v) is 11.1. The second-order valence-electron chi connectivity index (χ2n) is 8.54. The van der Waals surface area contributed by atoms with Gasteiger partial charge in [-0.15, -0.1) is 5.10 Å². The van der Waals surface area contributed by atoms with Crippen LogP contribution in [0.5, 0.6) is 0 Å². The Morgan fingerprint density at radius 3 is 2.79 bits per heavy atom. The molecule has 3 heterocycles. The van der Waals surface area contributed by atoms with Crippen LogP contribution in [-0.4, -0.2) is 74.7 Å². The molecule has 3 aromatic rings. The van der Waals surface area contributed by atoms with Crippen molar-refractivity contribution in [1.82, 2.24) is 30.0 Å². The number of nitriles is 1. The van der Waals surface area contributed by atoms with Gasteiger partial charge in [0.05, 0.1) is 42.5 Å². The van der Waals surface area contributed by atoms with Crippen molar-refractivity contribution in [2.24, 2.45) is 0 Å². The Morgan fingerprint density at radius 2 is 2.03 bits per heavy atom. The summed E-state index contributed by atoms with van der Waals surface area (Å²) in [4.78, 5) is 17.3. The Hall–Kier alpha value is -3.61. The van der Waals surface area contributed by atoms with Crippen molar-refractivity contribution in [3.05, 3.63) is 71.0 Å². The van der Waals surface area contributed by atoms with Crippen LogP contribution in [0.1, 0.15) is 28.4 Å². The molecule has 0 N–H and O–H groups in total. The number of aromatic nitrogens is 4. The molecule has 2 saturated heterocycles. The fraction of sp³-hybridized carbons (Fsp3) is 0.375. The number of tetrazole rings is 1. The lowest BCUT2D eigenvalue weighted by Crippen LogP contribution is -2.59. The van der Waals surface area contributed by atoms with Crippen molar-refractivity contribution < 1.29 is 9.53 Å². The quantitative estimate of drug-likeness (QED) is 0.605. The predicted octanol–water partition coefficient (Wildman–Crippen LogP) is 1.67. The molecule has 9 nitrogen and oxygen atoms in total. The van der Waals surface area contributed by atoms with E-state index < -0.39 is 0 Å². The minimum Gasteiger partial charge on any atom is -0.370 e. The van der Waals surface area contributed by atoms with Crippen molar-refractivity contribution in [2.45, 2.75) is 25.5 Å². The van der Waals surface area contributed by atoms with Gasteiger partial charge < -0.3 is 9.64 Å². The van der Waals surface area contributed by atoms with E-state index in [-0.39, 0.29) is 18.1 Å². The van der Waals surface area contributed by atoms with E-state index in [4.69, 9.17) is 4.74 Å². The lowest BCUT2D eigenvalue weighted by Gasteiger charge is -2.46. The van der Waals surface area contributed by atoms with Crippen LogP contribution in [0.15, 0.2) is 48.8 Å². The van der Waals surface area contributed by atoms with Gasteiger partial charge in [0, 0.05) is 26.2 Å². The van der Waals surface area contributed by atoms with E-state index in [0.29, 0.717) is 31.7 Å². The van der Waals surface area contributed by atoms with Crippen molar-refractivity contribution in [3.63, 3.8) is 0 Å². The molecule has 168 valence electrons. The van der Waals surface area contributed by atoms with E-state index in [2.05, 4.69) is 26.5 Å². The highest BCUT2D eigenvalue weighted by Gasteiger charge is 2.36. The fourth-order valence-corrected chi connectivity index (χ4v) is 4.65. The van der Waals surface area contributed by atoms with Gasteiger partial charge in [0.15, 0.2) is 0 Å². The first-order valence-electron chi connectivity index (χ1n) is 11.1. The van der Waals surface area contributed by atoms with Gasteiger partial charge in [-0.25, -0.2) is 4.68 Å². The van der Waals surface area contributed by atoms with Crippen LogP contribution in [0.3, 0.4) is 0 Å². The third kappa shape index (κ3) is 4.35. The summed E-state index contributed by atoms with van der Waals surface area (Å²) >= 11 is 0. The van der Waals surface area contributed by atoms with Crippen molar-refractivity contribution in [3.8, 4) is 11.8 Å². The Balaban J connectivity index is 1.18. The Morgan fingerprint density at radius 1 is 1.18 bits per heavy atom. The van der Waals surface area contributed by atoms with E-state index in [0.717, 1.165) is 35.5 Å². The molecule has 2 atom stereocenters. The van der Waals surface area contributed by atoms with Crippen LogP contribution in [0.25, 0.3) is 5.69 Å². The third-order valence-corrected chi connectivity index (χ3v) is 6.60. The molecule has 0 aliphatic carbocycles. The van der Waals surface area contributed by atoms with Crippen molar-refractivity contribution >= 4 is 5.91 Å². The summed E-state index contributed by atoms with van der Waals surface area (Å²) in [5.74, 6) is 0.129. The number of benzene rings is 2. The van der Waals surface area contributed by atoms with Gasteiger partial charge in [-0.1, -0.05) is 24.3 Å². The molecule has 2 unspecified atom stereocenters. The Bertz CT molecular complexity index is 1170. The van der Waals surface area contributed by atoms with Crippen LogP contribution in [-0.2, 0) is 16.0 Å². The van der Waals surface area contributed by atoms with Crippen molar-refractivity contribution in [2.75, 3.05) is 32.8 Å². The molecule has 2 fully saturated rings. The first kappa shape index (κ1) is 21.2. The molecule has 0 saturated carbocycles. The molecule has 2 aliphatic heterocycles. The number of amides is 1. The fourth-order valence-electron chi connectivity index (χ4n) is 4.65. The highest BCUT2D eigenvalue weighted by molar-refractivity contribution is 5.79. The topological polar surface area (TPSA) is 100 Å². The van der Waals surface area contributed by atoms with E-state index in [9.17, 15) is 10.1 Å². The van der Waals surface area contributed by atoms with Crippen molar-refractivity contribution in [1.29, 1.82) is 5.26 Å². The molecule has 1 aromatic heterocycles. The molecular weight excluding hydrogens is 418 g/mol. The zero-order valence-electron chi connectivity index (χ0n) is 18.5. The maximum Gasteiger partial charge on any atom is 0.227 e. The molecule has 33 heavy (non-hydrogen) atoms. The molecule has 0 radical (unpaired) electrons. The number of rotatable bonds is 4. The highest BCUT2D eigenvalue weighted by atomic mass is 16.5. The molecule has 5 rings (SSSR count). The maximum atomic E-state index is 13.0. The number of fused-ring (bicyclic) bond motifs is 1. The van der Waals surface area contributed by atoms with Gasteiger partial charge in [0.2, 0.25) is 5.91 Å². The zero-order chi connectivity index (χ0) is 22.8. The number of hydrogen-bond donors (Lipinski definition) is 0. The summed E-state index contributed by atoms with van der Waals surface area (Å²) in [5, 5.41) is 20.5. The van der Waals surface area contributed by atoms with E-state index in [1.807, 2.05) is 54.3 Å². The van der Waals surface area contributed by atoms with Gasteiger partial charge in [0.25, 0.3) is 0 Å². The largest absolute Gasteiger partial charge is 0.370 e. The average molecular weight is 444 g/mol. The van der Waals surface area contributed by atoms with Gasteiger partial charge in [0.1, 0.15) is 6.33 Å². The molecule has 0 bridgehead atoms. The van der Waals surface area contributed by atoms with Gasteiger partial charge in [-0.2, -0.15) is 5.26 Å².